The van der Waals surface area contributed by atoms with E-state index in [9.17, 15) is 26.3 Å². The molecule has 0 aliphatic carbocycles. The molecule has 2 aromatic heterocycles. The molecule has 2 N–H and O–H groups in total. The zero-order valence-electron chi connectivity index (χ0n) is 16.7. The average Bonchev–Trinajstić information content (AvgIpc) is 2.76. The predicted octanol–water partition coefficient (Wildman–Crippen LogP) is 6.43. The maximum atomic E-state index is 12.8. The summed E-state index contributed by atoms with van der Waals surface area (Å²) >= 11 is 0. The van der Waals surface area contributed by atoms with E-state index in [1.165, 1.54) is 18.2 Å². The molecule has 4 rings (SSSR count). The Kier molecular flexibility index (Phi) is 5.79. The van der Waals surface area contributed by atoms with Crippen LogP contribution in [0.3, 0.4) is 0 Å². The highest BCUT2D eigenvalue weighted by Crippen LogP contribution is 2.31. The number of aromatic nitrogens is 3. The first-order valence-corrected chi connectivity index (χ1v) is 9.56. The van der Waals surface area contributed by atoms with Crippen molar-refractivity contribution in [1.29, 1.82) is 0 Å². The van der Waals surface area contributed by atoms with Gasteiger partial charge in [0.15, 0.2) is 0 Å². The molecule has 0 amide bonds. The monoisotopic (exact) mass is 463 g/mol. The largest absolute Gasteiger partial charge is 0.416 e. The lowest BCUT2D eigenvalue weighted by Gasteiger charge is -2.13. The van der Waals surface area contributed by atoms with Gasteiger partial charge in [-0.1, -0.05) is 18.2 Å². The number of anilines is 3. The second kappa shape index (κ2) is 8.57. The predicted molar refractivity (Wildman–Crippen MR) is 112 cm³/mol. The van der Waals surface area contributed by atoms with Crippen molar-refractivity contribution < 1.29 is 26.3 Å². The van der Waals surface area contributed by atoms with Crippen LogP contribution in [0.4, 0.5) is 43.8 Å². The Labute approximate surface area is 183 Å². The van der Waals surface area contributed by atoms with Crippen molar-refractivity contribution >= 4 is 28.4 Å². The standard InChI is InChI=1S/C22H15F6N5/c23-21(24,25)12-30-20-32-18(14-4-3-13-2-1-9-29-17(13)10-14)11-19(33-20)31-16-7-5-15(6-8-16)22(26,27)28/h1-11H,12H2,(H2,30,31,32,33). The SMILES string of the molecule is FC(F)(F)CNc1nc(Nc2ccc(C(F)(F)F)cc2)cc(-c2ccc3cccnc3c2)n1. The van der Waals surface area contributed by atoms with E-state index in [1.54, 1.807) is 30.5 Å². The molecule has 11 heteroatoms. The number of hydrogen-bond donors (Lipinski definition) is 2. The minimum atomic E-state index is -4.49. The molecule has 0 atom stereocenters. The number of fused-ring (bicyclic) bond motifs is 1. The fourth-order valence-electron chi connectivity index (χ4n) is 3.03. The molecule has 0 saturated carbocycles. The van der Waals surface area contributed by atoms with Crippen molar-refractivity contribution in [2.75, 3.05) is 17.2 Å². The van der Waals surface area contributed by atoms with Gasteiger partial charge in [-0.25, -0.2) is 4.98 Å². The van der Waals surface area contributed by atoms with Crippen LogP contribution in [0.15, 0.2) is 66.9 Å². The summed E-state index contributed by atoms with van der Waals surface area (Å²) in [6, 6.07) is 14.6. The van der Waals surface area contributed by atoms with E-state index in [1.807, 2.05) is 6.07 Å². The molecular formula is C22H15F6N5. The van der Waals surface area contributed by atoms with Crippen molar-refractivity contribution in [2.45, 2.75) is 12.4 Å². The number of nitrogens with zero attached hydrogens (tertiary/aromatic N) is 3. The lowest BCUT2D eigenvalue weighted by Crippen LogP contribution is -2.22. The van der Waals surface area contributed by atoms with Crippen molar-refractivity contribution in [3.05, 3.63) is 72.4 Å². The first kappa shape index (κ1) is 22.3. The number of pyridine rings is 1. The van der Waals surface area contributed by atoms with Gasteiger partial charge in [0, 0.05) is 28.9 Å². The minimum absolute atomic E-state index is 0.102. The number of hydrogen-bond acceptors (Lipinski definition) is 5. The van der Waals surface area contributed by atoms with E-state index in [2.05, 4.69) is 25.6 Å². The third-order valence-electron chi connectivity index (χ3n) is 4.56. The van der Waals surface area contributed by atoms with Gasteiger partial charge in [-0.05, 0) is 36.4 Å². The second-order valence-electron chi connectivity index (χ2n) is 7.04. The van der Waals surface area contributed by atoms with Gasteiger partial charge in [-0.3, -0.25) is 4.98 Å². The van der Waals surface area contributed by atoms with E-state index < -0.39 is 24.5 Å². The third-order valence-corrected chi connectivity index (χ3v) is 4.56. The Balaban J connectivity index is 1.69. The maximum Gasteiger partial charge on any atom is 0.416 e. The Morgan fingerprint density at radius 3 is 2.27 bits per heavy atom. The second-order valence-corrected chi connectivity index (χ2v) is 7.04. The number of halogens is 6. The molecule has 5 nitrogen and oxygen atoms in total. The number of nitrogens with one attached hydrogen (secondary N) is 2. The molecule has 0 radical (unpaired) electrons. The van der Waals surface area contributed by atoms with Gasteiger partial charge in [-0.2, -0.15) is 31.3 Å². The van der Waals surface area contributed by atoms with Crippen molar-refractivity contribution in [2.24, 2.45) is 0 Å². The lowest BCUT2D eigenvalue weighted by atomic mass is 10.1. The molecule has 0 bridgehead atoms. The van der Waals surface area contributed by atoms with Crippen molar-refractivity contribution in [3.8, 4) is 11.3 Å². The molecule has 170 valence electrons. The molecule has 0 unspecified atom stereocenters. The summed E-state index contributed by atoms with van der Waals surface area (Å²) < 4.78 is 76.4. The van der Waals surface area contributed by atoms with E-state index >= 15 is 0 Å². The topological polar surface area (TPSA) is 62.7 Å². The van der Waals surface area contributed by atoms with E-state index in [0.29, 0.717) is 16.8 Å². The van der Waals surface area contributed by atoms with Gasteiger partial charge in [0.25, 0.3) is 0 Å². The first-order chi connectivity index (χ1) is 15.6. The summed E-state index contributed by atoms with van der Waals surface area (Å²) in [4.78, 5) is 12.4. The van der Waals surface area contributed by atoms with Gasteiger partial charge in [-0.15, -0.1) is 0 Å². The first-order valence-electron chi connectivity index (χ1n) is 9.56. The smallest absolute Gasteiger partial charge is 0.345 e. The summed E-state index contributed by atoms with van der Waals surface area (Å²) in [5.74, 6) is -0.189. The van der Waals surface area contributed by atoms with Crippen LogP contribution in [0.1, 0.15) is 5.56 Å². The maximum absolute atomic E-state index is 12.8. The van der Waals surface area contributed by atoms with Crippen LogP contribution < -0.4 is 10.6 Å². The van der Waals surface area contributed by atoms with Crippen LogP contribution in [0, 0.1) is 0 Å². The molecule has 0 aliphatic rings. The van der Waals surface area contributed by atoms with Gasteiger partial charge < -0.3 is 10.6 Å². The third kappa shape index (κ3) is 5.68. The Morgan fingerprint density at radius 2 is 1.58 bits per heavy atom. The van der Waals surface area contributed by atoms with Crippen LogP contribution >= 0.6 is 0 Å². The average molecular weight is 463 g/mol. The van der Waals surface area contributed by atoms with Crippen molar-refractivity contribution in [1.82, 2.24) is 15.0 Å². The Morgan fingerprint density at radius 1 is 0.818 bits per heavy atom. The van der Waals surface area contributed by atoms with Crippen LogP contribution in [0.2, 0.25) is 0 Å². The van der Waals surface area contributed by atoms with Gasteiger partial charge in [0.1, 0.15) is 12.4 Å². The lowest BCUT2D eigenvalue weighted by molar-refractivity contribution is -0.137. The highest BCUT2D eigenvalue weighted by Gasteiger charge is 2.30. The van der Waals surface area contributed by atoms with E-state index in [0.717, 1.165) is 17.5 Å². The molecule has 0 aliphatic heterocycles. The molecule has 2 aromatic carbocycles. The van der Waals surface area contributed by atoms with Crippen LogP contribution in [0.5, 0.6) is 0 Å². The minimum Gasteiger partial charge on any atom is -0.345 e. The van der Waals surface area contributed by atoms with E-state index in [-0.39, 0.29) is 17.5 Å². The molecular weight excluding hydrogens is 448 g/mol. The van der Waals surface area contributed by atoms with Gasteiger partial charge in [0.05, 0.1) is 16.8 Å². The molecule has 0 spiro atoms. The fourth-order valence-corrected chi connectivity index (χ4v) is 3.03. The number of benzene rings is 2. The normalized spacial score (nSPS) is 12.1. The van der Waals surface area contributed by atoms with Crippen LogP contribution in [-0.4, -0.2) is 27.7 Å². The Bertz CT molecular complexity index is 1270. The highest BCUT2D eigenvalue weighted by atomic mass is 19.4. The van der Waals surface area contributed by atoms with E-state index in [4.69, 9.17) is 0 Å². The summed E-state index contributed by atoms with van der Waals surface area (Å²) in [5, 5.41) is 5.82. The quantitative estimate of drug-likeness (QED) is 0.334. The van der Waals surface area contributed by atoms with Crippen molar-refractivity contribution in [3.63, 3.8) is 0 Å². The number of alkyl halides is 6. The zero-order chi connectivity index (χ0) is 23.6. The molecule has 33 heavy (non-hydrogen) atoms. The molecule has 0 fully saturated rings. The molecule has 0 saturated heterocycles. The zero-order valence-corrected chi connectivity index (χ0v) is 16.7. The van der Waals surface area contributed by atoms with Gasteiger partial charge in [0.2, 0.25) is 5.95 Å². The summed E-state index contributed by atoms with van der Waals surface area (Å²) in [6.45, 7) is -1.35. The summed E-state index contributed by atoms with van der Waals surface area (Å²) in [7, 11) is 0. The number of rotatable bonds is 5. The molecule has 2 heterocycles. The highest BCUT2D eigenvalue weighted by molar-refractivity contribution is 5.84. The van der Waals surface area contributed by atoms with Crippen LogP contribution in [-0.2, 0) is 6.18 Å². The summed E-state index contributed by atoms with van der Waals surface area (Å²) in [5.41, 5.74) is 0.989. The Hall–Kier alpha value is -3.89. The van der Waals surface area contributed by atoms with Gasteiger partial charge >= 0.3 is 12.4 Å². The fraction of sp³-hybridized carbons (Fsp3) is 0.136. The van der Waals surface area contributed by atoms with Crippen LogP contribution in [0.25, 0.3) is 22.2 Å². The summed E-state index contributed by atoms with van der Waals surface area (Å²) in [6.07, 6.45) is -7.37. The molecule has 4 aromatic rings.